The molecule has 0 saturated carbocycles. The van der Waals surface area contributed by atoms with Gasteiger partial charge >= 0.3 is 5.97 Å². The van der Waals surface area contributed by atoms with Crippen LogP contribution >= 0.6 is 15.9 Å². The quantitative estimate of drug-likeness (QED) is 0.697. The van der Waals surface area contributed by atoms with E-state index in [-0.39, 0.29) is 21.5 Å². The summed E-state index contributed by atoms with van der Waals surface area (Å²) in [6.45, 7) is 1.77. The Kier molecular flexibility index (Phi) is 6.64. The number of ether oxygens (including phenoxy) is 2. The second-order valence-corrected chi connectivity index (χ2v) is 6.98. The van der Waals surface area contributed by atoms with E-state index < -0.39 is 22.0 Å². The average molecular weight is 396 g/mol. The Morgan fingerprint density at radius 2 is 1.86 bits per heavy atom. The molecule has 0 saturated heterocycles. The number of benzene rings is 1. The Hall–Kier alpha value is -1.32. The molecule has 9 heteroatoms. The van der Waals surface area contributed by atoms with E-state index in [4.69, 9.17) is 14.6 Å². The standard InChI is InChI=1S/C13H18BrNO6S/c1-4-5-9(13(16)17)15-22(18,19)12-7-11(21-3)10(20-2)6-8(12)14/h6-7,9,15H,4-5H2,1-3H3,(H,16,17). The van der Waals surface area contributed by atoms with Crippen molar-refractivity contribution in [2.75, 3.05) is 14.2 Å². The summed E-state index contributed by atoms with van der Waals surface area (Å²) >= 11 is 3.15. The fraction of sp³-hybridized carbons (Fsp3) is 0.462. The first-order chi connectivity index (χ1) is 10.3. The van der Waals surface area contributed by atoms with Crippen LogP contribution in [0.1, 0.15) is 19.8 Å². The summed E-state index contributed by atoms with van der Waals surface area (Å²) in [5.41, 5.74) is 0. The number of carboxylic acids is 1. The topological polar surface area (TPSA) is 102 Å². The summed E-state index contributed by atoms with van der Waals surface area (Å²) in [5, 5.41) is 9.08. The van der Waals surface area contributed by atoms with Crippen LogP contribution in [-0.4, -0.2) is 39.8 Å². The van der Waals surface area contributed by atoms with Gasteiger partial charge in [-0.1, -0.05) is 13.3 Å². The Labute approximate surface area is 137 Å². The fourth-order valence-electron chi connectivity index (χ4n) is 1.81. The van der Waals surface area contributed by atoms with Gasteiger partial charge < -0.3 is 14.6 Å². The van der Waals surface area contributed by atoms with Gasteiger partial charge in [-0.05, 0) is 28.4 Å². The molecule has 0 aliphatic rings. The van der Waals surface area contributed by atoms with E-state index in [0.29, 0.717) is 12.2 Å². The van der Waals surface area contributed by atoms with Crippen LogP contribution in [0.15, 0.2) is 21.5 Å². The zero-order valence-corrected chi connectivity index (χ0v) is 14.8. The number of hydrogen-bond donors (Lipinski definition) is 2. The summed E-state index contributed by atoms with van der Waals surface area (Å²) in [5.74, 6) is -0.632. The molecule has 2 N–H and O–H groups in total. The van der Waals surface area contributed by atoms with E-state index in [2.05, 4.69) is 20.7 Å². The van der Waals surface area contributed by atoms with Crippen LogP contribution in [0.2, 0.25) is 0 Å². The first kappa shape index (κ1) is 18.7. The molecule has 1 aromatic carbocycles. The van der Waals surface area contributed by atoms with Crippen molar-refractivity contribution in [3.8, 4) is 11.5 Å². The largest absolute Gasteiger partial charge is 0.493 e. The van der Waals surface area contributed by atoms with Gasteiger partial charge in [0.1, 0.15) is 10.9 Å². The zero-order chi connectivity index (χ0) is 16.9. The number of carbonyl (C=O) groups is 1. The van der Waals surface area contributed by atoms with E-state index in [9.17, 15) is 13.2 Å². The minimum atomic E-state index is -4.03. The Bertz CT molecular complexity index is 646. The van der Waals surface area contributed by atoms with Gasteiger partial charge in [-0.3, -0.25) is 4.79 Å². The summed E-state index contributed by atoms with van der Waals surface area (Å²) < 4.78 is 37.4. The van der Waals surface area contributed by atoms with Crippen LogP contribution in [0.5, 0.6) is 11.5 Å². The second kappa shape index (κ2) is 7.80. The molecular formula is C13H18BrNO6S. The molecule has 0 aromatic heterocycles. The number of carboxylic acid groups (broad SMARTS) is 1. The van der Waals surface area contributed by atoms with Crippen LogP contribution < -0.4 is 14.2 Å². The first-order valence-electron chi connectivity index (χ1n) is 6.43. The number of hydrogen-bond acceptors (Lipinski definition) is 5. The Morgan fingerprint density at radius 3 is 2.32 bits per heavy atom. The molecular weight excluding hydrogens is 378 g/mol. The van der Waals surface area contributed by atoms with Crippen molar-refractivity contribution in [2.24, 2.45) is 0 Å². The molecule has 7 nitrogen and oxygen atoms in total. The molecule has 0 spiro atoms. The maximum absolute atomic E-state index is 12.4. The second-order valence-electron chi connectivity index (χ2n) is 4.44. The lowest BCUT2D eigenvalue weighted by Crippen LogP contribution is -2.40. The van der Waals surface area contributed by atoms with Gasteiger partial charge in [0.2, 0.25) is 10.0 Å². The van der Waals surface area contributed by atoms with Crippen LogP contribution in [0.3, 0.4) is 0 Å². The van der Waals surface area contributed by atoms with Crippen molar-refractivity contribution in [3.05, 3.63) is 16.6 Å². The van der Waals surface area contributed by atoms with Crippen LogP contribution in [0.25, 0.3) is 0 Å². The number of sulfonamides is 1. The number of aliphatic carboxylic acids is 1. The maximum Gasteiger partial charge on any atom is 0.321 e. The van der Waals surface area contributed by atoms with E-state index in [1.54, 1.807) is 6.92 Å². The summed E-state index contributed by atoms with van der Waals surface area (Å²) in [6.07, 6.45) is 0.728. The SMILES string of the molecule is CCCC(NS(=O)(=O)c1cc(OC)c(OC)cc1Br)C(=O)O. The summed E-state index contributed by atoms with van der Waals surface area (Å²) in [7, 11) is -1.22. The van der Waals surface area contributed by atoms with Crippen molar-refractivity contribution < 1.29 is 27.8 Å². The Balaban J connectivity index is 3.25. The van der Waals surface area contributed by atoms with Crippen molar-refractivity contribution in [1.82, 2.24) is 4.72 Å². The molecule has 0 heterocycles. The first-order valence-corrected chi connectivity index (χ1v) is 8.71. The van der Waals surface area contributed by atoms with Gasteiger partial charge in [0.05, 0.1) is 14.2 Å². The minimum absolute atomic E-state index is 0.118. The highest BCUT2D eigenvalue weighted by Gasteiger charge is 2.27. The normalized spacial score (nSPS) is 12.7. The molecule has 0 aliphatic heterocycles. The van der Waals surface area contributed by atoms with Crippen molar-refractivity contribution in [3.63, 3.8) is 0 Å². The predicted molar refractivity (Wildman–Crippen MR) is 83.9 cm³/mol. The lowest BCUT2D eigenvalue weighted by molar-refractivity contribution is -0.139. The molecule has 1 atom stereocenters. The number of rotatable bonds is 8. The molecule has 1 aromatic rings. The molecule has 1 rings (SSSR count). The lowest BCUT2D eigenvalue weighted by atomic mass is 10.2. The smallest absolute Gasteiger partial charge is 0.321 e. The van der Waals surface area contributed by atoms with Crippen LogP contribution in [0.4, 0.5) is 0 Å². The highest BCUT2D eigenvalue weighted by atomic mass is 79.9. The molecule has 0 aliphatic carbocycles. The van der Waals surface area contributed by atoms with E-state index >= 15 is 0 Å². The van der Waals surface area contributed by atoms with E-state index in [0.717, 1.165) is 0 Å². The van der Waals surface area contributed by atoms with Gasteiger partial charge in [-0.15, -0.1) is 0 Å². The van der Waals surface area contributed by atoms with Crippen molar-refractivity contribution in [2.45, 2.75) is 30.7 Å². The highest BCUT2D eigenvalue weighted by Crippen LogP contribution is 2.35. The minimum Gasteiger partial charge on any atom is -0.493 e. The maximum atomic E-state index is 12.4. The number of nitrogens with one attached hydrogen (secondary N) is 1. The van der Waals surface area contributed by atoms with E-state index in [1.807, 2.05) is 0 Å². The third-order valence-corrected chi connectivity index (χ3v) is 5.33. The molecule has 0 bridgehead atoms. The highest BCUT2D eigenvalue weighted by molar-refractivity contribution is 9.10. The van der Waals surface area contributed by atoms with Gasteiger partial charge in [0.25, 0.3) is 0 Å². The Morgan fingerprint density at radius 1 is 1.32 bits per heavy atom. The predicted octanol–water partition coefficient (Wildman–Crippen LogP) is 2.00. The monoisotopic (exact) mass is 395 g/mol. The molecule has 22 heavy (non-hydrogen) atoms. The third-order valence-electron chi connectivity index (χ3n) is 2.90. The van der Waals surface area contributed by atoms with Gasteiger partial charge in [0.15, 0.2) is 11.5 Å². The molecule has 0 amide bonds. The van der Waals surface area contributed by atoms with Crippen LogP contribution in [-0.2, 0) is 14.8 Å². The molecule has 0 fully saturated rings. The van der Waals surface area contributed by atoms with Gasteiger partial charge in [0, 0.05) is 10.5 Å². The molecule has 1 unspecified atom stereocenters. The number of methoxy groups -OCH3 is 2. The third kappa shape index (κ3) is 4.34. The van der Waals surface area contributed by atoms with Crippen molar-refractivity contribution in [1.29, 1.82) is 0 Å². The van der Waals surface area contributed by atoms with E-state index in [1.165, 1.54) is 26.4 Å². The fourth-order valence-corrected chi connectivity index (χ4v) is 4.07. The lowest BCUT2D eigenvalue weighted by Gasteiger charge is -2.16. The number of halogens is 1. The molecule has 0 radical (unpaired) electrons. The zero-order valence-electron chi connectivity index (χ0n) is 12.4. The van der Waals surface area contributed by atoms with Gasteiger partial charge in [-0.2, -0.15) is 4.72 Å². The van der Waals surface area contributed by atoms with Gasteiger partial charge in [-0.25, -0.2) is 8.42 Å². The average Bonchev–Trinajstić information content (AvgIpc) is 2.45. The summed E-state index contributed by atoms with van der Waals surface area (Å²) in [4.78, 5) is 11.0. The van der Waals surface area contributed by atoms with Crippen molar-refractivity contribution >= 4 is 31.9 Å². The summed E-state index contributed by atoms with van der Waals surface area (Å²) in [6, 6.07) is 1.54. The van der Waals surface area contributed by atoms with Crippen LogP contribution in [0, 0.1) is 0 Å². The molecule has 124 valence electrons.